The minimum atomic E-state index is -4.38. The van der Waals surface area contributed by atoms with Gasteiger partial charge in [-0.05, 0) is 36.5 Å². The zero-order chi connectivity index (χ0) is 20.7. The molecule has 0 radical (unpaired) electrons. The smallest absolute Gasteiger partial charge is 0.357 e. The molecule has 0 aliphatic carbocycles. The lowest BCUT2D eigenvalue weighted by Gasteiger charge is -2.25. The number of benzene rings is 1. The number of hydrogen-bond donors (Lipinski definition) is 2. The summed E-state index contributed by atoms with van der Waals surface area (Å²) in [6.07, 6.45) is -2.69. The normalized spacial score (nSPS) is 13.0. The molecule has 0 bridgehead atoms. The van der Waals surface area contributed by atoms with Gasteiger partial charge in [-0.1, -0.05) is 26.0 Å². The standard InChI is InChI=1S/C18H28F3N3O2S.HI/c1-5-22-16(24-13-17(2,3)9-10-27(4,25)26)23-12-14-7-6-8-15(11-14)18(19,20)21;/h6-8,11H,5,9-10,12-13H2,1-4H3,(H2,22,23,24);1H. The molecule has 0 fully saturated rings. The molecule has 1 aromatic carbocycles. The van der Waals surface area contributed by atoms with Gasteiger partial charge in [0, 0.05) is 19.3 Å². The number of rotatable bonds is 8. The van der Waals surface area contributed by atoms with Crippen LogP contribution in [0.2, 0.25) is 0 Å². The first-order chi connectivity index (χ1) is 12.3. The van der Waals surface area contributed by atoms with E-state index in [0.717, 1.165) is 12.1 Å². The highest BCUT2D eigenvalue weighted by Crippen LogP contribution is 2.29. The summed E-state index contributed by atoms with van der Waals surface area (Å²) in [5, 5.41) is 6.18. The summed E-state index contributed by atoms with van der Waals surface area (Å²) in [7, 11) is -3.03. The van der Waals surface area contributed by atoms with Crippen molar-refractivity contribution in [2.75, 3.05) is 25.1 Å². The predicted octanol–water partition coefficient (Wildman–Crippen LogP) is 3.84. The summed E-state index contributed by atoms with van der Waals surface area (Å²) in [6.45, 7) is 6.96. The van der Waals surface area contributed by atoms with Crippen molar-refractivity contribution in [2.24, 2.45) is 10.4 Å². The quantitative estimate of drug-likeness (QED) is 0.302. The maximum atomic E-state index is 12.8. The summed E-state index contributed by atoms with van der Waals surface area (Å²) in [5.41, 5.74) is -0.524. The largest absolute Gasteiger partial charge is 0.416 e. The van der Waals surface area contributed by atoms with Gasteiger partial charge < -0.3 is 10.6 Å². The topological polar surface area (TPSA) is 70.6 Å². The highest BCUT2D eigenvalue weighted by Gasteiger charge is 2.30. The van der Waals surface area contributed by atoms with Crippen molar-refractivity contribution >= 4 is 39.8 Å². The number of alkyl halides is 3. The Bertz CT molecular complexity index is 751. The summed E-state index contributed by atoms with van der Waals surface area (Å²) >= 11 is 0. The van der Waals surface area contributed by atoms with Crippen LogP contribution in [0.3, 0.4) is 0 Å². The first-order valence-corrected chi connectivity index (χ1v) is 10.7. The van der Waals surface area contributed by atoms with E-state index in [4.69, 9.17) is 0 Å². The zero-order valence-corrected chi connectivity index (χ0v) is 19.7. The predicted molar refractivity (Wildman–Crippen MR) is 118 cm³/mol. The molecule has 0 unspecified atom stereocenters. The summed E-state index contributed by atoms with van der Waals surface area (Å²) in [5.74, 6) is 0.571. The minimum absolute atomic E-state index is 0. The van der Waals surface area contributed by atoms with Gasteiger partial charge in [-0.3, -0.25) is 0 Å². The van der Waals surface area contributed by atoms with Gasteiger partial charge in [0.05, 0.1) is 17.9 Å². The molecule has 0 spiro atoms. The van der Waals surface area contributed by atoms with Crippen LogP contribution in [0.5, 0.6) is 0 Å². The van der Waals surface area contributed by atoms with E-state index in [1.807, 2.05) is 20.8 Å². The number of hydrogen-bond acceptors (Lipinski definition) is 3. The molecule has 2 N–H and O–H groups in total. The Hall–Kier alpha value is -1.04. The Morgan fingerprint density at radius 3 is 2.36 bits per heavy atom. The third-order valence-corrected chi connectivity index (χ3v) is 4.85. The summed E-state index contributed by atoms with van der Waals surface area (Å²) < 4.78 is 61.1. The maximum absolute atomic E-state index is 12.8. The Morgan fingerprint density at radius 1 is 1.18 bits per heavy atom. The summed E-state index contributed by atoms with van der Waals surface area (Å²) in [6, 6.07) is 5.07. The van der Waals surface area contributed by atoms with Crippen LogP contribution in [0.1, 0.15) is 38.3 Å². The molecule has 0 aromatic heterocycles. The van der Waals surface area contributed by atoms with Crippen molar-refractivity contribution in [1.82, 2.24) is 10.6 Å². The van der Waals surface area contributed by atoms with Crippen LogP contribution < -0.4 is 10.6 Å². The minimum Gasteiger partial charge on any atom is -0.357 e. The van der Waals surface area contributed by atoms with Crippen molar-refractivity contribution in [3.05, 3.63) is 35.4 Å². The molecule has 0 aliphatic rings. The van der Waals surface area contributed by atoms with E-state index in [1.54, 1.807) is 6.07 Å². The van der Waals surface area contributed by atoms with Crippen molar-refractivity contribution in [3.8, 4) is 0 Å². The molecule has 10 heteroatoms. The van der Waals surface area contributed by atoms with Crippen LogP contribution in [0.4, 0.5) is 13.2 Å². The maximum Gasteiger partial charge on any atom is 0.416 e. The van der Waals surface area contributed by atoms with Crippen molar-refractivity contribution < 1.29 is 21.6 Å². The van der Waals surface area contributed by atoms with Crippen LogP contribution in [-0.2, 0) is 22.6 Å². The van der Waals surface area contributed by atoms with E-state index in [-0.39, 0.29) is 41.7 Å². The van der Waals surface area contributed by atoms with Crippen LogP contribution in [0, 0.1) is 5.41 Å². The number of nitrogens with one attached hydrogen (secondary N) is 2. The molecule has 0 amide bonds. The van der Waals surface area contributed by atoms with Gasteiger partial charge in [0.1, 0.15) is 9.84 Å². The average Bonchev–Trinajstić information content (AvgIpc) is 2.55. The Kier molecular flexibility index (Phi) is 10.8. The van der Waals surface area contributed by atoms with Gasteiger partial charge in [0.25, 0.3) is 0 Å². The Morgan fingerprint density at radius 2 is 1.82 bits per heavy atom. The third-order valence-electron chi connectivity index (χ3n) is 3.90. The SMILES string of the molecule is CCNC(=NCc1cccc(C(F)(F)F)c1)NCC(C)(C)CCS(C)(=O)=O.I. The number of aliphatic imine (C=N–C) groups is 1. The Labute approximate surface area is 182 Å². The highest BCUT2D eigenvalue weighted by atomic mass is 127. The van der Waals surface area contributed by atoms with E-state index < -0.39 is 21.6 Å². The van der Waals surface area contributed by atoms with Gasteiger partial charge in [-0.2, -0.15) is 13.2 Å². The second-order valence-corrected chi connectivity index (χ2v) is 9.55. The van der Waals surface area contributed by atoms with Crippen LogP contribution in [0.25, 0.3) is 0 Å². The second-order valence-electron chi connectivity index (χ2n) is 7.29. The van der Waals surface area contributed by atoms with Gasteiger partial charge in [0.15, 0.2) is 5.96 Å². The fourth-order valence-electron chi connectivity index (χ4n) is 2.23. The van der Waals surface area contributed by atoms with Crippen LogP contribution >= 0.6 is 24.0 Å². The van der Waals surface area contributed by atoms with Crippen molar-refractivity contribution in [3.63, 3.8) is 0 Å². The lowest BCUT2D eigenvalue weighted by Crippen LogP contribution is -2.42. The molecular weight excluding hydrogens is 506 g/mol. The molecule has 162 valence electrons. The van der Waals surface area contributed by atoms with Gasteiger partial charge in [0.2, 0.25) is 0 Å². The molecule has 0 saturated carbocycles. The molecular formula is C18H29F3IN3O2S. The first kappa shape index (κ1) is 27.0. The van der Waals surface area contributed by atoms with Gasteiger partial charge in [-0.25, -0.2) is 13.4 Å². The summed E-state index contributed by atoms with van der Waals surface area (Å²) in [4.78, 5) is 4.33. The average molecular weight is 535 g/mol. The van der Waals surface area contributed by atoms with E-state index in [0.29, 0.717) is 31.0 Å². The monoisotopic (exact) mass is 535 g/mol. The van der Waals surface area contributed by atoms with E-state index in [2.05, 4.69) is 15.6 Å². The highest BCUT2D eigenvalue weighted by molar-refractivity contribution is 14.0. The van der Waals surface area contributed by atoms with Gasteiger partial charge in [-0.15, -0.1) is 24.0 Å². The Balaban J connectivity index is 0.00000729. The first-order valence-electron chi connectivity index (χ1n) is 8.68. The van der Waals surface area contributed by atoms with E-state index >= 15 is 0 Å². The second kappa shape index (κ2) is 11.2. The van der Waals surface area contributed by atoms with Crippen LogP contribution in [-0.4, -0.2) is 39.5 Å². The molecule has 5 nitrogen and oxygen atoms in total. The number of halogens is 4. The fourth-order valence-corrected chi connectivity index (χ4v) is 3.15. The lowest BCUT2D eigenvalue weighted by molar-refractivity contribution is -0.137. The lowest BCUT2D eigenvalue weighted by atomic mass is 9.90. The van der Waals surface area contributed by atoms with Crippen molar-refractivity contribution in [2.45, 2.75) is 39.9 Å². The molecule has 28 heavy (non-hydrogen) atoms. The number of guanidine groups is 1. The zero-order valence-electron chi connectivity index (χ0n) is 16.6. The molecule has 0 saturated heterocycles. The molecule has 0 heterocycles. The number of sulfone groups is 1. The molecule has 1 aromatic rings. The molecule has 0 aliphatic heterocycles. The molecule has 0 atom stereocenters. The fraction of sp³-hybridized carbons (Fsp3) is 0.611. The van der Waals surface area contributed by atoms with Gasteiger partial charge >= 0.3 is 6.18 Å². The third kappa shape index (κ3) is 11.1. The van der Waals surface area contributed by atoms with E-state index in [9.17, 15) is 21.6 Å². The van der Waals surface area contributed by atoms with Crippen molar-refractivity contribution in [1.29, 1.82) is 0 Å². The number of nitrogens with zero attached hydrogens (tertiary/aromatic N) is 1. The van der Waals surface area contributed by atoms with Crippen LogP contribution in [0.15, 0.2) is 29.3 Å². The van der Waals surface area contributed by atoms with E-state index in [1.165, 1.54) is 12.3 Å². The molecule has 1 rings (SSSR count).